The molecule has 1 aromatic rings. The minimum atomic E-state index is -0.197. The zero-order valence-corrected chi connectivity index (χ0v) is 11.1. The lowest BCUT2D eigenvalue weighted by Gasteiger charge is -2.12. The van der Waals surface area contributed by atoms with Crippen LogP contribution in [0.4, 0.5) is 0 Å². The molecule has 0 fully saturated rings. The summed E-state index contributed by atoms with van der Waals surface area (Å²) in [4.78, 5) is 25.0. The Bertz CT molecular complexity index is 394. The van der Waals surface area contributed by atoms with Gasteiger partial charge < -0.3 is 4.74 Å². The van der Waals surface area contributed by atoms with E-state index >= 15 is 0 Å². The van der Waals surface area contributed by atoms with E-state index in [4.69, 9.17) is 4.74 Å². The third kappa shape index (κ3) is 2.76. The van der Waals surface area contributed by atoms with Gasteiger partial charge in [-0.05, 0) is 18.6 Å². The molecule has 0 bridgehead atoms. The van der Waals surface area contributed by atoms with Crippen molar-refractivity contribution < 1.29 is 14.3 Å². The number of ether oxygens (including phenoxy) is 1. The molecular weight excluding hydrogens is 230 g/mol. The van der Waals surface area contributed by atoms with Crippen molar-refractivity contribution in [1.29, 1.82) is 0 Å². The van der Waals surface area contributed by atoms with E-state index in [9.17, 15) is 9.59 Å². The molecule has 4 nitrogen and oxygen atoms in total. The number of nitrogens with zero attached hydrogens (tertiary/aromatic N) is 1. The van der Waals surface area contributed by atoms with Gasteiger partial charge >= 0.3 is 0 Å². The van der Waals surface area contributed by atoms with Gasteiger partial charge in [-0.3, -0.25) is 14.5 Å². The molecular formula is C14H19NO3. The van der Waals surface area contributed by atoms with Crippen LogP contribution >= 0.6 is 0 Å². The zero-order valence-electron chi connectivity index (χ0n) is 11.1. The maximum absolute atomic E-state index is 11.9. The monoisotopic (exact) mass is 249 g/mol. The number of amides is 2. The van der Waals surface area contributed by atoms with Crippen molar-refractivity contribution >= 4 is 11.8 Å². The number of hydrogen-bond acceptors (Lipinski definition) is 3. The van der Waals surface area contributed by atoms with E-state index in [2.05, 4.69) is 0 Å². The molecule has 0 aliphatic carbocycles. The molecule has 0 saturated carbocycles. The number of rotatable bonds is 4. The van der Waals surface area contributed by atoms with Gasteiger partial charge in [0.15, 0.2) is 0 Å². The average molecular weight is 249 g/mol. The third-order valence-electron chi connectivity index (χ3n) is 2.61. The lowest BCUT2D eigenvalue weighted by Crippen LogP contribution is -2.31. The van der Waals surface area contributed by atoms with Gasteiger partial charge in [-0.1, -0.05) is 26.0 Å². The van der Waals surface area contributed by atoms with Crippen LogP contribution in [0.5, 0.6) is 0 Å². The minimum absolute atomic E-state index is 0.197. The molecule has 0 spiro atoms. The van der Waals surface area contributed by atoms with Crippen molar-refractivity contribution in [3.05, 3.63) is 35.4 Å². The molecule has 0 radical (unpaired) electrons. The number of hydrogen-bond donors (Lipinski definition) is 0. The summed E-state index contributed by atoms with van der Waals surface area (Å²) in [6.07, 6.45) is 0.669. The van der Waals surface area contributed by atoms with Gasteiger partial charge in [0.25, 0.3) is 11.8 Å². The van der Waals surface area contributed by atoms with E-state index < -0.39 is 0 Å². The number of carbonyl (C=O) groups is 2. The molecule has 4 heteroatoms. The van der Waals surface area contributed by atoms with E-state index in [0.717, 1.165) is 0 Å². The molecule has 98 valence electrons. The van der Waals surface area contributed by atoms with Crippen LogP contribution in [0.3, 0.4) is 0 Å². The second-order valence-electron chi connectivity index (χ2n) is 3.65. The first kappa shape index (κ1) is 14.4. The number of carbonyl (C=O) groups excluding carboxylic acids is 2. The van der Waals surface area contributed by atoms with Crippen LogP contribution in [0.15, 0.2) is 24.3 Å². The molecule has 1 aliphatic heterocycles. The Morgan fingerprint density at radius 2 is 1.56 bits per heavy atom. The number of imide groups is 1. The summed E-state index contributed by atoms with van der Waals surface area (Å²) in [5.41, 5.74) is 1.01. The van der Waals surface area contributed by atoms with Gasteiger partial charge in [0.2, 0.25) is 0 Å². The van der Waals surface area contributed by atoms with Gasteiger partial charge in [-0.25, -0.2) is 0 Å². The van der Waals surface area contributed by atoms with Crippen LogP contribution in [-0.4, -0.2) is 37.0 Å². The molecule has 2 rings (SSSR count). The van der Waals surface area contributed by atoms with Crippen molar-refractivity contribution in [2.45, 2.75) is 20.3 Å². The molecule has 1 aromatic carbocycles. The second kappa shape index (κ2) is 6.91. The van der Waals surface area contributed by atoms with Crippen LogP contribution in [0.1, 0.15) is 41.0 Å². The normalized spacial score (nSPS) is 13.2. The Morgan fingerprint density at radius 1 is 1.06 bits per heavy atom. The molecule has 18 heavy (non-hydrogen) atoms. The lowest BCUT2D eigenvalue weighted by molar-refractivity contribution is 0.0638. The molecule has 0 unspecified atom stereocenters. The van der Waals surface area contributed by atoms with Crippen molar-refractivity contribution in [1.82, 2.24) is 4.90 Å². The molecule has 2 amide bonds. The van der Waals surface area contributed by atoms with Crippen molar-refractivity contribution in [3.63, 3.8) is 0 Å². The Labute approximate surface area is 108 Å². The standard InChI is InChI=1S/C12H13NO3.C2H6/c1-16-8-4-7-13-11(14)9-5-2-3-6-10(9)12(13)15;1-2/h2-3,5-6H,4,7-8H2,1H3;1-2H3. The van der Waals surface area contributed by atoms with Crippen LogP contribution in [-0.2, 0) is 4.74 Å². The largest absolute Gasteiger partial charge is 0.385 e. The molecule has 1 aliphatic rings. The molecule has 0 aromatic heterocycles. The first-order valence-corrected chi connectivity index (χ1v) is 6.20. The number of fused-ring (bicyclic) bond motifs is 1. The van der Waals surface area contributed by atoms with Crippen LogP contribution < -0.4 is 0 Å². The van der Waals surface area contributed by atoms with Gasteiger partial charge in [-0.15, -0.1) is 0 Å². The fourth-order valence-electron chi connectivity index (χ4n) is 1.81. The van der Waals surface area contributed by atoms with Crippen LogP contribution in [0.2, 0.25) is 0 Å². The highest BCUT2D eigenvalue weighted by Crippen LogP contribution is 2.22. The highest BCUT2D eigenvalue weighted by atomic mass is 16.5. The van der Waals surface area contributed by atoms with Crippen molar-refractivity contribution in [3.8, 4) is 0 Å². The van der Waals surface area contributed by atoms with E-state index in [1.54, 1.807) is 31.4 Å². The molecule has 1 heterocycles. The summed E-state index contributed by atoms with van der Waals surface area (Å²) in [7, 11) is 1.60. The van der Waals surface area contributed by atoms with E-state index in [1.165, 1.54) is 4.90 Å². The predicted molar refractivity (Wildman–Crippen MR) is 69.7 cm³/mol. The smallest absolute Gasteiger partial charge is 0.261 e. The molecule has 0 N–H and O–H groups in total. The summed E-state index contributed by atoms with van der Waals surface area (Å²) < 4.78 is 4.90. The second-order valence-corrected chi connectivity index (χ2v) is 3.65. The van der Waals surface area contributed by atoms with Gasteiger partial charge in [-0.2, -0.15) is 0 Å². The van der Waals surface area contributed by atoms with Gasteiger partial charge in [0.05, 0.1) is 11.1 Å². The SMILES string of the molecule is CC.COCCCN1C(=O)c2ccccc2C1=O. The Kier molecular flexibility index (Phi) is 5.52. The Balaban J connectivity index is 0.000000771. The maximum Gasteiger partial charge on any atom is 0.261 e. The fraction of sp³-hybridized carbons (Fsp3) is 0.429. The first-order valence-electron chi connectivity index (χ1n) is 6.20. The Morgan fingerprint density at radius 3 is 2.00 bits per heavy atom. The van der Waals surface area contributed by atoms with Crippen molar-refractivity contribution in [2.75, 3.05) is 20.3 Å². The Hall–Kier alpha value is -1.68. The van der Waals surface area contributed by atoms with E-state index in [-0.39, 0.29) is 11.8 Å². The summed E-state index contributed by atoms with van der Waals surface area (Å²) in [6, 6.07) is 6.91. The highest BCUT2D eigenvalue weighted by molar-refractivity contribution is 6.21. The average Bonchev–Trinajstić information content (AvgIpc) is 2.67. The van der Waals surface area contributed by atoms with Crippen LogP contribution in [0.25, 0.3) is 0 Å². The van der Waals surface area contributed by atoms with Gasteiger partial charge in [0, 0.05) is 20.3 Å². The topological polar surface area (TPSA) is 46.6 Å². The number of benzene rings is 1. The summed E-state index contributed by atoms with van der Waals surface area (Å²) in [6.45, 7) is 4.97. The lowest BCUT2D eigenvalue weighted by atomic mass is 10.1. The van der Waals surface area contributed by atoms with E-state index in [1.807, 2.05) is 13.8 Å². The maximum atomic E-state index is 11.9. The first-order chi connectivity index (χ1) is 8.75. The highest BCUT2D eigenvalue weighted by Gasteiger charge is 2.34. The molecule has 0 saturated heterocycles. The van der Waals surface area contributed by atoms with Gasteiger partial charge in [0.1, 0.15) is 0 Å². The predicted octanol–water partition coefficient (Wildman–Crippen LogP) is 2.35. The van der Waals surface area contributed by atoms with Crippen LogP contribution in [0, 0.1) is 0 Å². The third-order valence-corrected chi connectivity index (χ3v) is 2.61. The summed E-state index contributed by atoms with van der Waals surface area (Å²) in [5.74, 6) is -0.395. The van der Waals surface area contributed by atoms with Crippen molar-refractivity contribution in [2.24, 2.45) is 0 Å². The fourth-order valence-corrected chi connectivity index (χ4v) is 1.81. The molecule has 0 atom stereocenters. The van der Waals surface area contributed by atoms with E-state index in [0.29, 0.717) is 30.7 Å². The summed E-state index contributed by atoms with van der Waals surface area (Å²) in [5, 5.41) is 0. The number of methoxy groups -OCH3 is 1. The quantitative estimate of drug-likeness (QED) is 0.608. The summed E-state index contributed by atoms with van der Waals surface area (Å²) >= 11 is 0. The minimum Gasteiger partial charge on any atom is -0.385 e. The zero-order chi connectivity index (χ0) is 13.5.